The highest BCUT2D eigenvalue weighted by Crippen LogP contribution is 2.31. The van der Waals surface area contributed by atoms with Crippen LogP contribution in [-0.2, 0) is 22.1 Å². The molecule has 2 aromatic rings. The molecule has 1 fully saturated rings. The first kappa shape index (κ1) is 20.0. The van der Waals surface area contributed by atoms with Crippen LogP contribution >= 0.6 is 0 Å². The van der Waals surface area contributed by atoms with E-state index in [9.17, 15) is 14.0 Å². The van der Waals surface area contributed by atoms with Gasteiger partial charge in [0.1, 0.15) is 11.6 Å². The van der Waals surface area contributed by atoms with Gasteiger partial charge in [-0.1, -0.05) is 26.0 Å². The lowest BCUT2D eigenvalue weighted by molar-refractivity contribution is -0.131. The molecule has 0 saturated carbocycles. The monoisotopic (exact) mass is 386 g/mol. The van der Waals surface area contributed by atoms with Crippen LogP contribution in [0.2, 0.25) is 0 Å². The van der Waals surface area contributed by atoms with E-state index >= 15 is 0 Å². The lowest BCUT2D eigenvalue weighted by Gasteiger charge is -2.27. The summed E-state index contributed by atoms with van der Waals surface area (Å²) >= 11 is 0. The van der Waals surface area contributed by atoms with E-state index in [2.05, 4.69) is 10.3 Å². The molecule has 2 atom stereocenters. The van der Waals surface area contributed by atoms with Crippen molar-refractivity contribution in [2.75, 3.05) is 13.1 Å². The van der Waals surface area contributed by atoms with Crippen molar-refractivity contribution in [1.82, 2.24) is 19.8 Å². The third-order valence-electron chi connectivity index (χ3n) is 5.47. The first-order valence-corrected chi connectivity index (χ1v) is 9.45. The number of likely N-dealkylation sites (tertiary alicyclic amines) is 1. The number of carbonyl (C=O) groups is 2. The average Bonchev–Trinajstić information content (AvgIpc) is 3.20. The van der Waals surface area contributed by atoms with Crippen molar-refractivity contribution in [3.8, 4) is 0 Å². The van der Waals surface area contributed by atoms with Crippen molar-refractivity contribution >= 4 is 11.8 Å². The molecule has 2 amide bonds. The molecule has 0 bridgehead atoms. The molecule has 0 radical (unpaired) electrons. The van der Waals surface area contributed by atoms with Crippen LogP contribution in [0.5, 0.6) is 0 Å². The minimum Gasteiger partial charge on any atom is -0.351 e. The summed E-state index contributed by atoms with van der Waals surface area (Å²) in [7, 11) is 1.91. The van der Waals surface area contributed by atoms with Crippen LogP contribution in [0.3, 0.4) is 0 Å². The van der Waals surface area contributed by atoms with Gasteiger partial charge in [0.15, 0.2) is 0 Å². The molecule has 0 aliphatic carbocycles. The van der Waals surface area contributed by atoms with Crippen LogP contribution in [0.25, 0.3) is 0 Å². The topological polar surface area (TPSA) is 67.2 Å². The van der Waals surface area contributed by atoms with Crippen molar-refractivity contribution in [3.05, 3.63) is 53.9 Å². The van der Waals surface area contributed by atoms with Crippen molar-refractivity contribution in [2.24, 2.45) is 7.05 Å². The van der Waals surface area contributed by atoms with Crippen molar-refractivity contribution < 1.29 is 14.0 Å². The largest absolute Gasteiger partial charge is 0.351 e. The fourth-order valence-electron chi connectivity index (χ4n) is 3.90. The summed E-state index contributed by atoms with van der Waals surface area (Å²) in [5, 5.41) is 2.97. The third-order valence-corrected chi connectivity index (χ3v) is 5.47. The van der Waals surface area contributed by atoms with Gasteiger partial charge in [-0.25, -0.2) is 9.37 Å². The van der Waals surface area contributed by atoms with Crippen LogP contribution in [0, 0.1) is 5.82 Å². The number of aryl methyl sites for hydroxylation is 1. The van der Waals surface area contributed by atoms with Gasteiger partial charge in [0.2, 0.25) is 11.8 Å². The van der Waals surface area contributed by atoms with Crippen molar-refractivity contribution in [1.29, 1.82) is 0 Å². The highest BCUT2D eigenvalue weighted by Gasteiger charge is 2.39. The number of rotatable bonds is 5. The SMILES string of the molecule is CC(=O)N[C@@H]1CN(C(=O)CC(C)(C)c2ccc(F)cc2)C[C@H]1c1nccn1C. The Morgan fingerprint density at radius 2 is 1.93 bits per heavy atom. The van der Waals surface area contributed by atoms with Gasteiger partial charge in [0.25, 0.3) is 0 Å². The normalized spacial score (nSPS) is 19.7. The minimum absolute atomic E-state index is 0.0152. The summed E-state index contributed by atoms with van der Waals surface area (Å²) in [6.07, 6.45) is 3.89. The highest BCUT2D eigenvalue weighted by molar-refractivity contribution is 5.79. The molecule has 0 spiro atoms. The van der Waals surface area contributed by atoms with E-state index in [4.69, 9.17) is 0 Å². The molecule has 1 aliphatic heterocycles. The zero-order valence-electron chi connectivity index (χ0n) is 16.8. The molecule has 1 aliphatic rings. The molecule has 2 heterocycles. The number of halogens is 1. The second kappa shape index (κ2) is 7.73. The average molecular weight is 386 g/mol. The molecule has 6 nitrogen and oxygen atoms in total. The first-order valence-electron chi connectivity index (χ1n) is 9.45. The van der Waals surface area contributed by atoms with Gasteiger partial charge in [0, 0.05) is 45.9 Å². The predicted molar refractivity (Wildman–Crippen MR) is 104 cm³/mol. The zero-order chi connectivity index (χ0) is 20.5. The molecule has 1 aromatic carbocycles. The number of hydrogen-bond acceptors (Lipinski definition) is 3. The van der Waals surface area contributed by atoms with Crippen molar-refractivity contribution in [2.45, 2.75) is 44.6 Å². The van der Waals surface area contributed by atoms with Gasteiger partial charge in [-0.3, -0.25) is 9.59 Å². The number of benzene rings is 1. The molecule has 1 N–H and O–H groups in total. The number of nitrogens with one attached hydrogen (secondary N) is 1. The number of amides is 2. The summed E-state index contributed by atoms with van der Waals surface area (Å²) in [5.74, 6) is 0.404. The summed E-state index contributed by atoms with van der Waals surface area (Å²) in [4.78, 5) is 30.9. The Hall–Kier alpha value is -2.70. The molecule has 7 heteroatoms. The van der Waals surface area contributed by atoms with E-state index < -0.39 is 5.41 Å². The van der Waals surface area contributed by atoms with Gasteiger partial charge in [0.05, 0.1) is 12.0 Å². The molecular weight excluding hydrogens is 359 g/mol. The number of hydrogen-bond donors (Lipinski definition) is 1. The van der Waals surface area contributed by atoms with E-state index in [1.165, 1.54) is 19.1 Å². The van der Waals surface area contributed by atoms with Crippen LogP contribution in [0.4, 0.5) is 4.39 Å². The van der Waals surface area contributed by atoms with Gasteiger partial charge in [-0.2, -0.15) is 0 Å². The minimum atomic E-state index is -0.421. The molecule has 150 valence electrons. The fourth-order valence-corrected chi connectivity index (χ4v) is 3.90. The number of aromatic nitrogens is 2. The maximum Gasteiger partial charge on any atom is 0.223 e. The van der Waals surface area contributed by atoms with Gasteiger partial charge >= 0.3 is 0 Å². The number of imidazole rings is 1. The second-order valence-corrected chi connectivity index (χ2v) is 8.18. The summed E-state index contributed by atoms with van der Waals surface area (Å²) in [6, 6.07) is 6.12. The molecule has 1 aromatic heterocycles. The summed E-state index contributed by atoms with van der Waals surface area (Å²) < 4.78 is 15.1. The summed E-state index contributed by atoms with van der Waals surface area (Å²) in [6.45, 7) is 6.41. The predicted octanol–water partition coefficient (Wildman–Crippen LogP) is 2.36. The second-order valence-electron chi connectivity index (χ2n) is 8.18. The maximum absolute atomic E-state index is 13.2. The van der Waals surface area contributed by atoms with Gasteiger partial charge in [-0.05, 0) is 23.1 Å². The fraction of sp³-hybridized carbons (Fsp3) is 0.476. The Bertz CT molecular complexity index is 860. The smallest absolute Gasteiger partial charge is 0.223 e. The molecule has 1 saturated heterocycles. The van der Waals surface area contributed by atoms with E-state index in [0.717, 1.165) is 11.4 Å². The molecular formula is C21H27FN4O2. The Morgan fingerprint density at radius 3 is 2.50 bits per heavy atom. The third kappa shape index (κ3) is 4.24. The molecule has 3 rings (SSSR count). The van der Waals surface area contributed by atoms with Crippen molar-refractivity contribution in [3.63, 3.8) is 0 Å². The van der Waals surface area contributed by atoms with E-state index in [-0.39, 0.29) is 29.6 Å². The Balaban J connectivity index is 1.75. The number of carbonyl (C=O) groups excluding carboxylic acids is 2. The molecule has 0 unspecified atom stereocenters. The van der Waals surface area contributed by atoms with E-state index in [1.807, 2.05) is 31.7 Å². The lowest BCUT2D eigenvalue weighted by atomic mass is 9.81. The quantitative estimate of drug-likeness (QED) is 0.858. The summed E-state index contributed by atoms with van der Waals surface area (Å²) in [5.41, 5.74) is 0.496. The van der Waals surface area contributed by atoms with Gasteiger partial charge < -0.3 is 14.8 Å². The Kier molecular flexibility index (Phi) is 5.54. The Morgan fingerprint density at radius 1 is 1.25 bits per heavy atom. The zero-order valence-corrected chi connectivity index (χ0v) is 16.8. The Labute approximate surface area is 164 Å². The van der Waals surface area contributed by atoms with Crippen LogP contribution < -0.4 is 5.32 Å². The number of nitrogens with zero attached hydrogens (tertiary/aromatic N) is 3. The van der Waals surface area contributed by atoms with Crippen LogP contribution in [0.1, 0.15) is 44.5 Å². The maximum atomic E-state index is 13.2. The standard InChI is InChI=1S/C21H27FN4O2/c1-14(27)24-18-13-26(12-17(18)20-23-9-10-25(20)4)19(28)11-21(2,3)15-5-7-16(22)8-6-15/h5-10,17-18H,11-13H2,1-4H3,(H,24,27)/t17-,18-/m1/s1. The van der Waals surface area contributed by atoms with E-state index in [1.54, 1.807) is 23.2 Å². The lowest BCUT2D eigenvalue weighted by Crippen LogP contribution is -2.40. The molecule has 28 heavy (non-hydrogen) atoms. The van der Waals surface area contributed by atoms with E-state index in [0.29, 0.717) is 19.5 Å². The highest BCUT2D eigenvalue weighted by atomic mass is 19.1. The first-order chi connectivity index (χ1) is 13.2. The van der Waals surface area contributed by atoms with Gasteiger partial charge in [-0.15, -0.1) is 0 Å². The van der Waals surface area contributed by atoms with Crippen LogP contribution in [0.15, 0.2) is 36.7 Å². The van der Waals surface area contributed by atoms with Crippen LogP contribution in [-0.4, -0.2) is 45.4 Å².